The summed E-state index contributed by atoms with van der Waals surface area (Å²) in [5.41, 5.74) is 1.68. The number of ether oxygens (including phenoxy) is 1. The minimum atomic E-state index is -0.0777. The number of carbonyl (C=O) groups is 1. The molecule has 8 heteroatoms. The molecule has 1 aromatic carbocycles. The van der Waals surface area contributed by atoms with Crippen molar-refractivity contribution in [2.75, 3.05) is 32.8 Å². The van der Waals surface area contributed by atoms with E-state index in [1.54, 1.807) is 0 Å². The minimum Gasteiger partial charge on any atom is -0.396 e. The Labute approximate surface area is 210 Å². The molecule has 0 aliphatic carbocycles. The van der Waals surface area contributed by atoms with Gasteiger partial charge in [0.15, 0.2) is 5.96 Å². The zero-order valence-electron chi connectivity index (χ0n) is 19.8. The Kier molecular flexibility index (Phi) is 13.8. The van der Waals surface area contributed by atoms with Crippen molar-refractivity contribution in [3.8, 4) is 0 Å². The second kappa shape index (κ2) is 15.4. The van der Waals surface area contributed by atoms with Gasteiger partial charge in [0.1, 0.15) is 0 Å². The zero-order chi connectivity index (χ0) is 22.5. The molecule has 2 rings (SSSR count). The number of nitrogens with one attached hydrogen (secondary N) is 3. The molecule has 1 amide bonds. The largest absolute Gasteiger partial charge is 0.396 e. The number of hydrogen-bond donors (Lipinski definition) is 4. The van der Waals surface area contributed by atoms with Crippen LogP contribution in [0.25, 0.3) is 0 Å². The predicted octanol–water partition coefficient (Wildman–Crippen LogP) is 3.46. The van der Waals surface area contributed by atoms with Crippen molar-refractivity contribution in [3.63, 3.8) is 0 Å². The van der Waals surface area contributed by atoms with E-state index >= 15 is 0 Å². The van der Waals surface area contributed by atoms with Gasteiger partial charge in [-0.25, -0.2) is 4.99 Å². The summed E-state index contributed by atoms with van der Waals surface area (Å²) in [5.74, 6) is 0.672. The molecule has 1 unspecified atom stereocenters. The lowest BCUT2D eigenvalue weighted by molar-refractivity contribution is 0.0857. The van der Waals surface area contributed by atoms with E-state index in [2.05, 4.69) is 29.8 Å². The van der Waals surface area contributed by atoms with Gasteiger partial charge < -0.3 is 25.8 Å². The number of rotatable bonds is 12. The van der Waals surface area contributed by atoms with Crippen molar-refractivity contribution >= 4 is 35.8 Å². The highest BCUT2D eigenvalue weighted by atomic mass is 127. The number of aliphatic hydroxyl groups is 1. The van der Waals surface area contributed by atoms with Gasteiger partial charge in [0.05, 0.1) is 12.6 Å². The number of halogens is 1. The van der Waals surface area contributed by atoms with Crippen molar-refractivity contribution in [3.05, 3.63) is 35.4 Å². The van der Waals surface area contributed by atoms with E-state index in [0.717, 1.165) is 63.3 Å². The van der Waals surface area contributed by atoms with Crippen LogP contribution in [0, 0.1) is 5.41 Å². The molecule has 1 heterocycles. The third-order valence-corrected chi connectivity index (χ3v) is 6.24. The highest BCUT2D eigenvalue weighted by molar-refractivity contribution is 14.0. The van der Waals surface area contributed by atoms with Crippen LogP contribution in [-0.2, 0) is 11.3 Å². The lowest BCUT2D eigenvalue weighted by Gasteiger charge is -2.32. The van der Waals surface area contributed by atoms with Gasteiger partial charge in [-0.15, -0.1) is 24.0 Å². The van der Waals surface area contributed by atoms with Gasteiger partial charge in [-0.2, -0.15) is 0 Å². The predicted molar refractivity (Wildman–Crippen MR) is 141 cm³/mol. The van der Waals surface area contributed by atoms with Crippen LogP contribution < -0.4 is 16.0 Å². The first-order valence-corrected chi connectivity index (χ1v) is 11.7. The van der Waals surface area contributed by atoms with E-state index in [1.165, 1.54) is 0 Å². The first kappa shape index (κ1) is 28.6. The van der Waals surface area contributed by atoms with Crippen LogP contribution in [0.15, 0.2) is 29.3 Å². The molecule has 0 spiro atoms. The number of amides is 1. The molecule has 182 valence electrons. The number of nitrogens with zero attached hydrogens (tertiary/aromatic N) is 1. The van der Waals surface area contributed by atoms with Crippen LogP contribution in [0.3, 0.4) is 0 Å². The molecule has 0 bridgehead atoms. The summed E-state index contributed by atoms with van der Waals surface area (Å²) in [5, 5.41) is 19.1. The molecule has 32 heavy (non-hydrogen) atoms. The fourth-order valence-corrected chi connectivity index (χ4v) is 3.89. The Morgan fingerprint density at radius 3 is 2.62 bits per heavy atom. The number of carbonyl (C=O) groups excluding carboxylic acids is 1. The van der Waals surface area contributed by atoms with Gasteiger partial charge in [0, 0.05) is 38.4 Å². The molecule has 1 aromatic rings. The first-order chi connectivity index (χ1) is 15.1. The maximum absolute atomic E-state index is 12.5. The standard InChI is InChI=1S/C24H40N4O3.HI/c1-4-24(5-2,12-13-29)18-28-23(25-6-3)27-16-19-9-7-10-20(15-19)22(30)26-17-21-11-8-14-31-21;/h7,9-10,15,21,29H,4-6,8,11-14,16-18H2,1-3H3,(H,26,30)(H2,25,27,28);1H. The Morgan fingerprint density at radius 1 is 1.22 bits per heavy atom. The average molecular weight is 561 g/mol. The van der Waals surface area contributed by atoms with E-state index in [9.17, 15) is 9.90 Å². The van der Waals surface area contributed by atoms with Crippen LogP contribution in [0.5, 0.6) is 0 Å². The van der Waals surface area contributed by atoms with Gasteiger partial charge in [-0.1, -0.05) is 26.0 Å². The maximum atomic E-state index is 12.5. The summed E-state index contributed by atoms with van der Waals surface area (Å²) < 4.78 is 5.57. The minimum absolute atomic E-state index is 0. The van der Waals surface area contributed by atoms with Gasteiger partial charge >= 0.3 is 0 Å². The number of hydrogen-bond acceptors (Lipinski definition) is 4. The lowest BCUT2D eigenvalue weighted by atomic mass is 9.79. The Bertz CT molecular complexity index is 704. The van der Waals surface area contributed by atoms with E-state index in [4.69, 9.17) is 9.73 Å². The molecule has 1 saturated heterocycles. The van der Waals surface area contributed by atoms with E-state index in [0.29, 0.717) is 18.7 Å². The van der Waals surface area contributed by atoms with Crippen LogP contribution in [-0.4, -0.2) is 55.9 Å². The summed E-state index contributed by atoms with van der Waals surface area (Å²) in [4.78, 5) is 17.2. The Morgan fingerprint density at radius 2 is 2.00 bits per heavy atom. The second-order valence-corrected chi connectivity index (χ2v) is 8.27. The third kappa shape index (κ3) is 9.23. The highest BCUT2D eigenvalue weighted by Crippen LogP contribution is 2.29. The van der Waals surface area contributed by atoms with Gasteiger partial charge in [-0.05, 0) is 62.1 Å². The fourth-order valence-electron chi connectivity index (χ4n) is 3.89. The molecule has 1 aliphatic heterocycles. The molecule has 0 radical (unpaired) electrons. The first-order valence-electron chi connectivity index (χ1n) is 11.7. The van der Waals surface area contributed by atoms with E-state index in [-0.39, 0.29) is 48.0 Å². The topological polar surface area (TPSA) is 95.0 Å². The Balaban J connectivity index is 0.00000512. The fraction of sp³-hybridized carbons (Fsp3) is 0.667. The van der Waals surface area contributed by atoms with Gasteiger partial charge in [0.2, 0.25) is 0 Å². The smallest absolute Gasteiger partial charge is 0.251 e. The molecule has 7 nitrogen and oxygen atoms in total. The van der Waals surface area contributed by atoms with Crippen molar-refractivity contribution in [2.24, 2.45) is 10.4 Å². The molecule has 0 aromatic heterocycles. The summed E-state index contributed by atoms with van der Waals surface area (Å²) >= 11 is 0. The highest BCUT2D eigenvalue weighted by Gasteiger charge is 2.25. The normalized spacial score (nSPS) is 16.4. The van der Waals surface area contributed by atoms with Gasteiger partial charge in [-0.3, -0.25) is 4.79 Å². The second-order valence-electron chi connectivity index (χ2n) is 8.27. The quantitative estimate of drug-likeness (QED) is 0.179. The monoisotopic (exact) mass is 560 g/mol. The van der Waals surface area contributed by atoms with Crippen LogP contribution in [0.2, 0.25) is 0 Å². The molecule has 1 atom stereocenters. The van der Waals surface area contributed by atoms with Crippen molar-refractivity contribution in [1.29, 1.82) is 0 Å². The number of aliphatic imine (C=N–C) groups is 1. The molecule has 0 saturated carbocycles. The molecular formula is C24H41IN4O3. The zero-order valence-corrected chi connectivity index (χ0v) is 22.1. The van der Waals surface area contributed by atoms with Crippen molar-refractivity contribution in [2.45, 2.75) is 65.5 Å². The number of benzene rings is 1. The lowest BCUT2D eigenvalue weighted by Crippen LogP contribution is -2.43. The molecule has 1 fully saturated rings. The summed E-state index contributed by atoms with van der Waals surface area (Å²) in [6.45, 7) is 9.92. The van der Waals surface area contributed by atoms with Crippen molar-refractivity contribution < 1.29 is 14.6 Å². The Hall–Kier alpha value is -1.39. The van der Waals surface area contributed by atoms with E-state index < -0.39 is 0 Å². The third-order valence-electron chi connectivity index (χ3n) is 6.24. The number of guanidine groups is 1. The van der Waals surface area contributed by atoms with Gasteiger partial charge in [0.25, 0.3) is 5.91 Å². The summed E-state index contributed by atoms with van der Waals surface area (Å²) in [7, 11) is 0. The van der Waals surface area contributed by atoms with Crippen LogP contribution >= 0.6 is 24.0 Å². The van der Waals surface area contributed by atoms with Crippen LogP contribution in [0.1, 0.15) is 68.8 Å². The molecule has 1 aliphatic rings. The van der Waals surface area contributed by atoms with Crippen LogP contribution in [0.4, 0.5) is 0 Å². The van der Waals surface area contributed by atoms with Crippen molar-refractivity contribution in [1.82, 2.24) is 16.0 Å². The maximum Gasteiger partial charge on any atom is 0.251 e. The number of aliphatic hydroxyl groups excluding tert-OH is 1. The molecular weight excluding hydrogens is 519 g/mol. The summed E-state index contributed by atoms with van der Waals surface area (Å²) in [6, 6.07) is 7.60. The average Bonchev–Trinajstić information content (AvgIpc) is 3.32. The molecule has 4 N–H and O–H groups in total. The SMILES string of the molecule is CCNC(=NCc1cccc(C(=O)NCC2CCCO2)c1)NCC(CC)(CC)CCO.I. The summed E-state index contributed by atoms with van der Waals surface area (Å²) in [6.07, 6.45) is 4.97. The van der Waals surface area contributed by atoms with E-state index in [1.807, 2.05) is 31.2 Å².